The average molecular weight is 374 g/mol. The van der Waals surface area contributed by atoms with Gasteiger partial charge in [0.2, 0.25) is 11.8 Å². The molecule has 2 amide bonds. The van der Waals surface area contributed by atoms with Crippen molar-refractivity contribution in [3.63, 3.8) is 0 Å². The lowest BCUT2D eigenvalue weighted by molar-refractivity contribution is -0.130. The van der Waals surface area contributed by atoms with Crippen molar-refractivity contribution < 1.29 is 9.59 Å². The van der Waals surface area contributed by atoms with Gasteiger partial charge in [0.25, 0.3) is 0 Å². The Kier molecular flexibility index (Phi) is 5.29. The highest BCUT2D eigenvalue weighted by molar-refractivity contribution is 6.03. The van der Waals surface area contributed by atoms with Crippen molar-refractivity contribution in [2.24, 2.45) is 11.7 Å². The van der Waals surface area contributed by atoms with Gasteiger partial charge in [0.15, 0.2) is 0 Å². The third-order valence-electron chi connectivity index (χ3n) is 5.93. The highest BCUT2D eigenvalue weighted by atomic mass is 16.2. The standard InChI is InChI=1S/C24H26N2O2/c25-23(27)22(26-24(28)16-8-2-1-3-9-16)15-21-19-12-6-4-10-17(19)14-18-11-5-7-13-20(18)21/h4-7,10-14,16,22H,1-3,8-9,15H2,(H2,25,27)(H,26,28)/t22-/m0/s1. The highest BCUT2D eigenvalue weighted by Crippen LogP contribution is 2.30. The SMILES string of the molecule is NC(=O)[C@H](Cc1c2ccccc2cc2ccccc12)NC(=O)C1CCCCC1. The molecule has 4 nitrogen and oxygen atoms in total. The van der Waals surface area contributed by atoms with Crippen molar-refractivity contribution in [1.82, 2.24) is 5.32 Å². The summed E-state index contributed by atoms with van der Waals surface area (Å²) >= 11 is 0. The molecule has 4 heteroatoms. The minimum absolute atomic E-state index is 0.000128. The van der Waals surface area contributed by atoms with Gasteiger partial charge in [0.05, 0.1) is 0 Å². The zero-order valence-corrected chi connectivity index (χ0v) is 16.0. The number of rotatable bonds is 5. The number of carbonyl (C=O) groups excluding carboxylic acids is 2. The Balaban J connectivity index is 1.69. The fraction of sp³-hybridized carbons (Fsp3) is 0.333. The zero-order chi connectivity index (χ0) is 19.5. The normalized spacial score (nSPS) is 16.1. The number of carbonyl (C=O) groups is 2. The van der Waals surface area contributed by atoms with Crippen molar-refractivity contribution in [3.05, 3.63) is 60.2 Å². The van der Waals surface area contributed by atoms with E-state index in [1.165, 1.54) is 6.42 Å². The van der Waals surface area contributed by atoms with E-state index >= 15 is 0 Å². The van der Waals surface area contributed by atoms with Gasteiger partial charge in [-0.05, 0) is 46.0 Å². The van der Waals surface area contributed by atoms with Crippen LogP contribution < -0.4 is 11.1 Å². The van der Waals surface area contributed by atoms with E-state index in [1.54, 1.807) is 0 Å². The molecule has 1 saturated carbocycles. The predicted molar refractivity (Wildman–Crippen MR) is 113 cm³/mol. The molecular formula is C24H26N2O2. The smallest absolute Gasteiger partial charge is 0.240 e. The summed E-state index contributed by atoms with van der Waals surface area (Å²) in [5.74, 6) is -0.519. The number of primary amides is 1. The van der Waals surface area contributed by atoms with Crippen molar-refractivity contribution in [1.29, 1.82) is 0 Å². The summed E-state index contributed by atoms with van der Waals surface area (Å²) in [4.78, 5) is 24.9. The Morgan fingerprint density at radius 3 is 2.07 bits per heavy atom. The third-order valence-corrected chi connectivity index (χ3v) is 5.93. The molecule has 0 unspecified atom stereocenters. The molecule has 0 spiro atoms. The number of hydrogen-bond donors (Lipinski definition) is 2. The lowest BCUT2D eigenvalue weighted by atomic mass is 9.88. The van der Waals surface area contributed by atoms with Crippen molar-refractivity contribution in [3.8, 4) is 0 Å². The largest absolute Gasteiger partial charge is 0.368 e. The van der Waals surface area contributed by atoms with Crippen LogP contribution in [-0.2, 0) is 16.0 Å². The van der Waals surface area contributed by atoms with Gasteiger partial charge in [-0.2, -0.15) is 0 Å². The van der Waals surface area contributed by atoms with Gasteiger partial charge in [0, 0.05) is 12.3 Å². The lowest BCUT2D eigenvalue weighted by Crippen LogP contribution is -2.48. The van der Waals surface area contributed by atoms with Crippen LogP contribution in [0.4, 0.5) is 0 Å². The van der Waals surface area contributed by atoms with Gasteiger partial charge in [0.1, 0.15) is 6.04 Å². The molecule has 0 saturated heterocycles. The van der Waals surface area contributed by atoms with E-state index in [4.69, 9.17) is 5.73 Å². The van der Waals surface area contributed by atoms with Crippen LogP contribution >= 0.6 is 0 Å². The summed E-state index contributed by atoms with van der Waals surface area (Å²) in [5, 5.41) is 7.39. The molecule has 0 aromatic heterocycles. The monoisotopic (exact) mass is 374 g/mol. The first kappa shape index (κ1) is 18.5. The van der Waals surface area contributed by atoms with E-state index < -0.39 is 11.9 Å². The zero-order valence-electron chi connectivity index (χ0n) is 16.0. The number of fused-ring (bicyclic) bond motifs is 2. The number of nitrogens with two attached hydrogens (primary N) is 1. The first-order valence-corrected chi connectivity index (χ1v) is 10.1. The second-order valence-electron chi connectivity index (χ2n) is 7.80. The third kappa shape index (κ3) is 3.72. The van der Waals surface area contributed by atoms with Crippen LogP contribution in [0.25, 0.3) is 21.5 Å². The number of hydrogen-bond acceptors (Lipinski definition) is 2. The summed E-state index contributed by atoms with van der Waals surface area (Å²) in [6, 6.07) is 17.8. The first-order valence-electron chi connectivity index (χ1n) is 10.1. The first-order chi connectivity index (χ1) is 13.6. The maximum Gasteiger partial charge on any atom is 0.240 e. The van der Waals surface area contributed by atoms with Crippen LogP contribution in [0.2, 0.25) is 0 Å². The van der Waals surface area contributed by atoms with Crippen LogP contribution in [-0.4, -0.2) is 17.9 Å². The van der Waals surface area contributed by atoms with Gasteiger partial charge >= 0.3 is 0 Å². The quantitative estimate of drug-likeness (QED) is 0.660. The fourth-order valence-corrected chi connectivity index (χ4v) is 4.41. The summed E-state index contributed by atoms with van der Waals surface area (Å²) in [5.41, 5.74) is 6.75. The van der Waals surface area contributed by atoms with Crippen molar-refractivity contribution >= 4 is 33.4 Å². The molecule has 1 aliphatic rings. The molecule has 3 N–H and O–H groups in total. The second-order valence-corrected chi connectivity index (χ2v) is 7.80. The van der Waals surface area contributed by atoms with E-state index in [0.717, 1.165) is 52.8 Å². The minimum atomic E-state index is -0.705. The van der Waals surface area contributed by atoms with Crippen LogP contribution in [0, 0.1) is 5.92 Å². The Hall–Kier alpha value is -2.88. The number of nitrogens with one attached hydrogen (secondary N) is 1. The van der Waals surface area contributed by atoms with Crippen LogP contribution in [0.15, 0.2) is 54.6 Å². The van der Waals surface area contributed by atoms with Crippen molar-refractivity contribution in [2.45, 2.75) is 44.6 Å². The molecule has 1 fully saturated rings. The molecule has 0 heterocycles. The molecule has 3 aromatic rings. The molecular weight excluding hydrogens is 348 g/mol. The summed E-state index contributed by atoms with van der Waals surface area (Å²) in [7, 11) is 0. The summed E-state index contributed by atoms with van der Waals surface area (Å²) in [6.07, 6.45) is 5.53. The molecule has 0 bridgehead atoms. The van der Waals surface area contributed by atoms with Gasteiger partial charge in [-0.25, -0.2) is 0 Å². The maximum atomic E-state index is 12.7. The Labute approximate surface area is 165 Å². The predicted octanol–water partition coefficient (Wildman–Crippen LogP) is 4.09. The number of benzene rings is 3. The van der Waals surface area contributed by atoms with E-state index in [0.29, 0.717) is 6.42 Å². The van der Waals surface area contributed by atoms with Crippen LogP contribution in [0.1, 0.15) is 37.7 Å². The molecule has 0 radical (unpaired) electrons. The molecule has 4 rings (SSSR count). The molecule has 0 aliphatic heterocycles. The fourth-order valence-electron chi connectivity index (χ4n) is 4.41. The average Bonchev–Trinajstić information content (AvgIpc) is 2.73. The van der Waals surface area contributed by atoms with Crippen molar-refractivity contribution in [2.75, 3.05) is 0 Å². The minimum Gasteiger partial charge on any atom is -0.368 e. The second kappa shape index (κ2) is 8.01. The molecule has 1 aliphatic carbocycles. The molecule has 28 heavy (non-hydrogen) atoms. The maximum absolute atomic E-state index is 12.7. The summed E-state index contributed by atoms with van der Waals surface area (Å²) < 4.78 is 0. The van der Waals surface area contributed by atoms with E-state index in [1.807, 2.05) is 24.3 Å². The highest BCUT2D eigenvalue weighted by Gasteiger charge is 2.26. The molecule has 3 aromatic carbocycles. The van der Waals surface area contributed by atoms with Gasteiger partial charge in [-0.15, -0.1) is 0 Å². The Morgan fingerprint density at radius 2 is 1.50 bits per heavy atom. The Bertz CT molecular complexity index is 967. The topological polar surface area (TPSA) is 72.2 Å². The van der Waals surface area contributed by atoms with Gasteiger partial charge in [-0.1, -0.05) is 67.8 Å². The molecule has 1 atom stereocenters. The molecule has 144 valence electrons. The van der Waals surface area contributed by atoms with Gasteiger partial charge in [-0.3, -0.25) is 9.59 Å². The van der Waals surface area contributed by atoms with Gasteiger partial charge < -0.3 is 11.1 Å². The van der Waals surface area contributed by atoms with Crippen LogP contribution in [0.5, 0.6) is 0 Å². The number of amides is 2. The van der Waals surface area contributed by atoms with E-state index in [9.17, 15) is 9.59 Å². The lowest BCUT2D eigenvalue weighted by Gasteiger charge is -2.24. The summed E-state index contributed by atoms with van der Waals surface area (Å²) in [6.45, 7) is 0. The van der Waals surface area contributed by atoms with Crippen LogP contribution in [0.3, 0.4) is 0 Å². The van der Waals surface area contributed by atoms with E-state index in [2.05, 4.69) is 35.6 Å². The Morgan fingerprint density at radius 1 is 0.929 bits per heavy atom. The van der Waals surface area contributed by atoms with E-state index in [-0.39, 0.29) is 11.8 Å².